The number of nitrogens with two attached hydrogens (primary N) is 1. The monoisotopic (exact) mass is 259 g/mol. The summed E-state index contributed by atoms with van der Waals surface area (Å²) in [4.78, 5) is 11.0. The minimum atomic E-state index is -0.675. The lowest BCUT2D eigenvalue weighted by Gasteiger charge is -2.11. The fourth-order valence-electron chi connectivity index (χ4n) is 1.25. The summed E-state index contributed by atoms with van der Waals surface area (Å²) in [6, 6.07) is 1.67. The molecule has 0 aliphatic rings. The summed E-state index contributed by atoms with van der Waals surface area (Å²) in [5, 5.41) is 9.67. The average molecular weight is 260 g/mol. The quantitative estimate of drug-likeness (QED) is 0.847. The second-order valence-electron chi connectivity index (χ2n) is 2.80. The maximum atomic E-state index is 11.0. The van der Waals surface area contributed by atoms with Crippen LogP contribution >= 0.6 is 15.9 Å². The van der Waals surface area contributed by atoms with Gasteiger partial charge in [-0.1, -0.05) is 0 Å². The number of benzene rings is 1. The van der Waals surface area contributed by atoms with Crippen molar-refractivity contribution in [2.24, 2.45) is 5.73 Å². The zero-order valence-corrected chi connectivity index (χ0v) is 9.38. The molecule has 5 heteroatoms. The number of phenols is 1. The van der Waals surface area contributed by atoms with Crippen LogP contribution < -0.4 is 10.5 Å². The minimum Gasteiger partial charge on any atom is -0.504 e. The van der Waals surface area contributed by atoms with Crippen LogP contribution in [0.4, 0.5) is 0 Å². The Labute approximate surface area is 89.8 Å². The fraction of sp³-hybridized carbons (Fsp3) is 0.222. The first kappa shape index (κ1) is 10.8. The number of amides is 1. The standard InChI is InChI=1S/C9H10BrNO3/c1-4-3-5(10)8(14-2)7(12)6(4)9(11)13/h3,12H,1-2H3,(H2,11,13). The summed E-state index contributed by atoms with van der Waals surface area (Å²) in [5.74, 6) is -0.693. The lowest BCUT2D eigenvalue weighted by molar-refractivity contribution is 0.0996. The van der Waals surface area contributed by atoms with Crippen LogP contribution in [-0.4, -0.2) is 18.1 Å². The van der Waals surface area contributed by atoms with Crippen LogP contribution in [0.5, 0.6) is 11.5 Å². The van der Waals surface area contributed by atoms with Crippen molar-refractivity contribution in [2.75, 3.05) is 7.11 Å². The lowest BCUT2D eigenvalue weighted by Crippen LogP contribution is -2.13. The van der Waals surface area contributed by atoms with Crippen molar-refractivity contribution in [3.8, 4) is 11.5 Å². The molecule has 0 radical (unpaired) electrons. The first-order chi connectivity index (χ1) is 6.49. The van der Waals surface area contributed by atoms with Gasteiger partial charge in [0, 0.05) is 0 Å². The van der Waals surface area contributed by atoms with Gasteiger partial charge in [-0.3, -0.25) is 4.79 Å². The number of ether oxygens (including phenoxy) is 1. The third kappa shape index (κ3) is 1.68. The van der Waals surface area contributed by atoms with Gasteiger partial charge in [0.05, 0.1) is 17.1 Å². The van der Waals surface area contributed by atoms with E-state index in [2.05, 4.69) is 15.9 Å². The molecule has 0 aliphatic heterocycles. The van der Waals surface area contributed by atoms with Crippen molar-refractivity contribution in [3.05, 3.63) is 21.7 Å². The molecular formula is C9H10BrNO3. The van der Waals surface area contributed by atoms with Crippen molar-refractivity contribution < 1.29 is 14.6 Å². The minimum absolute atomic E-state index is 0.0880. The van der Waals surface area contributed by atoms with E-state index in [0.29, 0.717) is 10.0 Å². The Morgan fingerprint density at radius 3 is 2.64 bits per heavy atom. The van der Waals surface area contributed by atoms with Gasteiger partial charge in [0.1, 0.15) is 0 Å². The highest BCUT2D eigenvalue weighted by atomic mass is 79.9. The number of hydrogen-bond acceptors (Lipinski definition) is 3. The van der Waals surface area contributed by atoms with Crippen molar-refractivity contribution in [1.29, 1.82) is 0 Å². The van der Waals surface area contributed by atoms with Gasteiger partial charge < -0.3 is 15.6 Å². The second kappa shape index (κ2) is 3.88. The number of aromatic hydroxyl groups is 1. The van der Waals surface area contributed by atoms with Crippen LogP contribution in [0.2, 0.25) is 0 Å². The van der Waals surface area contributed by atoms with E-state index in [1.165, 1.54) is 7.11 Å². The number of carbonyl (C=O) groups is 1. The molecule has 0 fully saturated rings. The highest BCUT2D eigenvalue weighted by Gasteiger charge is 2.18. The van der Waals surface area contributed by atoms with Crippen LogP contribution in [0.25, 0.3) is 0 Å². The van der Waals surface area contributed by atoms with E-state index < -0.39 is 5.91 Å². The summed E-state index contributed by atoms with van der Waals surface area (Å²) in [6.45, 7) is 1.68. The first-order valence-corrected chi connectivity index (χ1v) is 4.64. The van der Waals surface area contributed by atoms with E-state index >= 15 is 0 Å². The summed E-state index contributed by atoms with van der Waals surface area (Å²) < 4.78 is 5.50. The van der Waals surface area contributed by atoms with E-state index in [1.54, 1.807) is 13.0 Å². The van der Waals surface area contributed by atoms with Gasteiger partial charge in [0.25, 0.3) is 5.91 Å². The number of methoxy groups -OCH3 is 1. The van der Waals surface area contributed by atoms with Crippen LogP contribution in [0.3, 0.4) is 0 Å². The Hall–Kier alpha value is -1.23. The van der Waals surface area contributed by atoms with Gasteiger partial charge in [-0.15, -0.1) is 0 Å². The maximum absolute atomic E-state index is 11.0. The number of hydrogen-bond donors (Lipinski definition) is 2. The van der Waals surface area contributed by atoms with Gasteiger partial charge in [0.2, 0.25) is 0 Å². The molecule has 1 aromatic rings. The molecule has 0 atom stereocenters. The molecule has 0 heterocycles. The number of halogens is 1. The summed E-state index contributed by atoms with van der Waals surface area (Å²) in [7, 11) is 1.40. The number of carbonyl (C=O) groups excluding carboxylic acids is 1. The van der Waals surface area contributed by atoms with E-state index in [9.17, 15) is 9.90 Å². The van der Waals surface area contributed by atoms with Gasteiger partial charge in [-0.2, -0.15) is 0 Å². The summed E-state index contributed by atoms with van der Waals surface area (Å²) >= 11 is 3.20. The molecule has 3 N–H and O–H groups in total. The van der Waals surface area contributed by atoms with Gasteiger partial charge >= 0.3 is 0 Å². The molecule has 1 aromatic carbocycles. The van der Waals surface area contributed by atoms with E-state index in [1.807, 2.05) is 0 Å². The predicted octanol–water partition coefficient (Wildman–Crippen LogP) is 1.57. The van der Waals surface area contributed by atoms with Crippen LogP contribution in [-0.2, 0) is 0 Å². The molecule has 0 unspecified atom stereocenters. The SMILES string of the molecule is COc1c(Br)cc(C)c(C(N)=O)c1O. The van der Waals surface area contributed by atoms with Gasteiger partial charge in [-0.05, 0) is 34.5 Å². The fourth-order valence-corrected chi connectivity index (χ4v) is 1.94. The summed E-state index contributed by atoms with van der Waals surface area (Å²) in [5.41, 5.74) is 5.81. The van der Waals surface area contributed by atoms with Crippen LogP contribution in [0, 0.1) is 6.92 Å². The molecule has 0 aliphatic carbocycles. The van der Waals surface area contributed by atoms with Gasteiger partial charge in [0.15, 0.2) is 11.5 Å². The Morgan fingerprint density at radius 1 is 1.64 bits per heavy atom. The molecule has 76 valence electrons. The Kier molecular flexibility index (Phi) is 3.00. The molecule has 0 saturated heterocycles. The number of rotatable bonds is 2. The van der Waals surface area contributed by atoms with Crippen molar-refractivity contribution in [1.82, 2.24) is 0 Å². The lowest BCUT2D eigenvalue weighted by atomic mass is 10.1. The second-order valence-corrected chi connectivity index (χ2v) is 3.65. The molecule has 0 saturated carbocycles. The van der Waals surface area contributed by atoms with E-state index in [4.69, 9.17) is 10.5 Å². The van der Waals surface area contributed by atoms with Crippen molar-refractivity contribution in [3.63, 3.8) is 0 Å². The summed E-state index contributed by atoms with van der Waals surface area (Å²) in [6.07, 6.45) is 0. The van der Waals surface area contributed by atoms with Gasteiger partial charge in [-0.25, -0.2) is 0 Å². The topological polar surface area (TPSA) is 72.5 Å². The molecule has 0 aromatic heterocycles. The third-order valence-electron chi connectivity index (χ3n) is 1.86. The molecule has 1 amide bonds. The number of primary amides is 1. The van der Waals surface area contributed by atoms with Crippen LogP contribution in [0.1, 0.15) is 15.9 Å². The van der Waals surface area contributed by atoms with Crippen molar-refractivity contribution >= 4 is 21.8 Å². The van der Waals surface area contributed by atoms with E-state index in [0.717, 1.165) is 0 Å². The molecule has 0 spiro atoms. The highest BCUT2D eigenvalue weighted by Crippen LogP contribution is 2.38. The normalized spacial score (nSPS) is 9.93. The van der Waals surface area contributed by atoms with Crippen molar-refractivity contribution in [2.45, 2.75) is 6.92 Å². The third-order valence-corrected chi connectivity index (χ3v) is 2.45. The van der Waals surface area contributed by atoms with E-state index in [-0.39, 0.29) is 17.1 Å². The Balaban J connectivity index is 3.52. The molecule has 0 bridgehead atoms. The predicted molar refractivity (Wildman–Crippen MR) is 55.6 cm³/mol. The largest absolute Gasteiger partial charge is 0.504 e. The Morgan fingerprint density at radius 2 is 2.21 bits per heavy atom. The maximum Gasteiger partial charge on any atom is 0.252 e. The Bertz CT molecular complexity index is 390. The molecule has 14 heavy (non-hydrogen) atoms. The smallest absolute Gasteiger partial charge is 0.252 e. The zero-order chi connectivity index (χ0) is 10.9. The average Bonchev–Trinajstić information content (AvgIpc) is 2.02. The first-order valence-electron chi connectivity index (χ1n) is 3.85. The molecular weight excluding hydrogens is 250 g/mol. The molecule has 4 nitrogen and oxygen atoms in total. The highest BCUT2D eigenvalue weighted by molar-refractivity contribution is 9.10. The zero-order valence-electron chi connectivity index (χ0n) is 7.80. The molecule has 1 rings (SSSR count). The number of aryl methyl sites for hydroxylation is 1. The van der Waals surface area contributed by atoms with Crippen LogP contribution in [0.15, 0.2) is 10.5 Å².